The molecule has 0 aliphatic heterocycles. The van der Waals surface area contributed by atoms with Crippen LogP contribution in [0.2, 0.25) is 0 Å². The molecule has 0 saturated carbocycles. The van der Waals surface area contributed by atoms with Gasteiger partial charge in [0.1, 0.15) is 0 Å². The van der Waals surface area contributed by atoms with E-state index in [1.165, 1.54) is 0 Å². The predicted molar refractivity (Wildman–Crippen MR) is 45.4 cm³/mol. The summed E-state index contributed by atoms with van der Waals surface area (Å²) in [5, 5.41) is 0. The maximum absolute atomic E-state index is 8.74. The molecule has 8 nitrogen and oxygen atoms in total. The van der Waals surface area contributed by atoms with E-state index in [9.17, 15) is 0 Å². The topological polar surface area (TPSA) is 149 Å². The van der Waals surface area contributed by atoms with E-state index in [1.807, 2.05) is 0 Å². The fourth-order valence-electron chi connectivity index (χ4n) is 0. The van der Waals surface area contributed by atoms with Gasteiger partial charge in [0.15, 0.2) is 0 Å². The summed E-state index contributed by atoms with van der Waals surface area (Å²) < 4.78 is 63.2. The SMILES string of the molecule is O=S(=O)(O)O.O=S(=O)(O)O.[CaH2].[PbH2]. The van der Waals surface area contributed by atoms with Gasteiger partial charge in [0.25, 0.3) is 0 Å². The summed E-state index contributed by atoms with van der Waals surface area (Å²) in [6.45, 7) is 0. The Balaban J connectivity index is -0.0000000457. The Morgan fingerprint density at radius 1 is 0.667 bits per heavy atom. The molecule has 0 aliphatic carbocycles. The summed E-state index contributed by atoms with van der Waals surface area (Å²) >= 11 is 0. The van der Waals surface area contributed by atoms with E-state index in [2.05, 4.69) is 0 Å². The maximum atomic E-state index is 8.74. The summed E-state index contributed by atoms with van der Waals surface area (Å²) in [5.41, 5.74) is 0. The fourth-order valence-corrected chi connectivity index (χ4v) is 0. The average molecular weight is 447 g/mol. The van der Waals surface area contributed by atoms with Gasteiger partial charge >= 0.3 is 85.8 Å². The molecule has 4 N–H and O–H groups in total. The van der Waals surface area contributed by atoms with E-state index >= 15 is 0 Å². The van der Waals surface area contributed by atoms with Crippen LogP contribution in [-0.2, 0) is 20.8 Å². The molecule has 0 aliphatic rings. The van der Waals surface area contributed by atoms with E-state index in [-0.39, 0.29) is 65.0 Å². The summed E-state index contributed by atoms with van der Waals surface area (Å²) in [4.78, 5) is 0. The fraction of sp³-hybridized carbons (Fsp3) is 0. The molecule has 12 heavy (non-hydrogen) atoms. The van der Waals surface area contributed by atoms with Crippen LogP contribution in [0.4, 0.5) is 0 Å². The van der Waals surface area contributed by atoms with E-state index in [1.54, 1.807) is 0 Å². The van der Waals surface area contributed by atoms with Crippen LogP contribution in [0.5, 0.6) is 0 Å². The third kappa shape index (κ3) is 385. The molecular weight excluding hydrogens is 439 g/mol. The molecule has 0 aromatic heterocycles. The number of hydrogen-bond donors (Lipinski definition) is 4. The van der Waals surface area contributed by atoms with Crippen LogP contribution in [0, 0.1) is 0 Å². The van der Waals surface area contributed by atoms with Crippen LogP contribution in [0.25, 0.3) is 0 Å². The first-order valence-electron chi connectivity index (χ1n) is 1.40. The Kier molecular flexibility index (Phi) is 18.6. The minimum absolute atomic E-state index is 0. The van der Waals surface area contributed by atoms with Crippen LogP contribution < -0.4 is 0 Å². The molecule has 74 valence electrons. The summed E-state index contributed by atoms with van der Waals surface area (Å²) in [6, 6.07) is 0. The van der Waals surface area contributed by atoms with E-state index in [0.717, 1.165) is 0 Å². The van der Waals surface area contributed by atoms with Crippen molar-refractivity contribution >= 4 is 85.8 Å². The molecule has 0 rings (SSSR count). The molecule has 0 spiro atoms. The van der Waals surface area contributed by atoms with Crippen molar-refractivity contribution in [1.29, 1.82) is 0 Å². The Hall–Kier alpha value is 1.92. The monoisotopic (exact) mass is 448 g/mol. The van der Waals surface area contributed by atoms with Gasteiger partial charge in [0.2, 0.25) is 0 Å². The second kappa shape index (κ2) is 9.48. The number of rotatable bonds is 0. The zero-order valence-electron chi connectivity index (χ0n) is 4.95. The van der Waals surface area contributed by atoms with E-state index in [4.69, 9.17) is 35.0 Å². The zero-order chi connectivity index (χ0) is 9.00. The molecule has 12 heteroatoms. The van der Waals surface area contributed by atoms with Gasteiger partial charge in [-0.1, -0.05) is 0 Å². The molecule has 0 unspecified atom stereocenters. The van der Waals surface area contributed by atoms with Crippen molar-refractivity contribution in [3.63, 3.8) is 0 Å². The van der Waals surface area contributed by atoms with Gasteiger partial charge in [-0.05, 0) is 0 Å². The quantitative estimate of drug-likeness (QED) is 0.225. The van der Waals surface area contributed by atoms with Crippen LogP contribution in [0.3, 0.4) is 0 Å². The molecule has 0 saturated heterocycles. The Morgan fingerprint density at radius 2 is 0.667 bits per heavy atom. The summed E-state index contributed by atoms with van der Waals surface area (Å²) in [5.74, 6) is 0. The zero-order valence-corrected chi connectivity index (χ0v) is 12.1. The molecule has 0 atom stereocenters. The molecule has 0 fully saturated rings. The van der Waals surface area contributed by atoms with Crippen molar-refractivity contribution in [3.05, 3.63) is 0 Å². The second-order valence-corrected chi connectivity index (χ2v) is 2.69. The number of hydrogen-bond acceptors (Lipinski definition) is 4. The van der Waals surface area contributed by atoms with Gasteiger partial charge in [0.05, 0.1) is 0 Å². The molecule has 0 aromatic rings. The van der Waals surface area contributed by atoms with Crippen LogP contribution in [0.1, 0.15) is 0 Å². The first-order valence-corrected chi connectivity index (χ1v) is 4.19. The van der Waals surface area contributed by atoms with Gasteiger partial charge < -0.3 is 0 Å². The van der Waals surface area contributed by atoms with Crippen molar-refractivity contribution in [2.24, 2.45) is 0 Å². The minimum atomic E-state index is -4.67. The summed E-state index contributed by atoms with van der Waals surface area (Å²) in [6.07, 6.45) is 0. The first-order chi connectivity index (χ1) is 4.00. The van der Waals surface area contributed by atoms with Crippen molar-refractivity contribution in [1.82, 2.24) is 0 Å². The molecule has 0 heterocycles. The van der Waals surface area contributed by atoms with Crippen LogP contribution in [-0.4, -0.2) is 100 Å². The Morgan fingerprint density at radius 3 is 0.667 bits per heavy atom. The summed E-state index contributed by atoms with van der Waals surface area (Å²) in [7, 11) is -9.33. The molecular formula is H8CaO8PbS2. The van der Waals surface area contributed by atoms with Gasteiger partial charge in [-0.15, -0.1) is 0 Å². The van der Waals surface area contributed by atoms with Gasteiger partial charge in [-0.25, -0.2) is 0 Å². The molecule has 0 amide bonds. The normalized spacial score (nSPS) is 9.67. The average Bonchev–Trinajstić information content (AvgIpc) is 1.12. The molecule has 0 bridgehead atoms. The Bertz CT molecular complexity index is 213. The Labute approximate surface area is 119 Å². The van der Waals surface area contributed by atoms with Crippen molar-refractivity contribution in [2.75, 3.05) is 0 Å². The van der Waals surface area contributed by atoms with Crippen LogP contribution >= 0.6 is 0 Å². The van der Waals surface area contributed by atoms with Gasteiger partial charge in [0, 0.05) is 0 Å². The standard InChI is InChI=1S/Ca.2H2O4S.Pb.4H/c;2*1-5(2,3)4;;;;;/h;2*(H2,1,2,3,4);;;;;. The van der Waals surface area contributed by atoms with Crippen molar-refractivity contribution in [3.8, 4) is 0 Å². The first kappa shape index (κ1) is 23.6. The van der Waals surface area contributed by atoms with Crippen LogP contribution in [0.15, 0.2) is 0 Å². The second-order valence-electron chi connectivity index (χ2n) is 0.896. The van der Waals surface area contributed by atoms with Crippen molar-refractivity contribution < 1.29 is 35.0 Å². The van der Waals surface area contributed by atoms with Gasteiger partial charge in [-0.3, -0.25) is 18.2 Å². The third-order valence-corrected chi connectivity index (χ3v) is 0. The predicted octanol–water partition coefficient (Wildman–Crippen LogP) is -3.14. The third-order valence-electron chi connectivity index (χ3n) is 0. The van der Waals surface area contributed by atoms with Crippen molar-refractivity contribution in [2.45, 2.75) is 0 Å². The van der Waals surface area contributed by atoms with Gasteiger partial charge in [-0.2, -0.15) is 16.8 Å². The van der Waals surface area contributed by atoms with E-state index in [0.29, 0.717) is 0 Å². The van der Waals surface area contributed by atoms with E-state index < -0.39 is 20.8 Å². The molecule has 0 aromatic carbocycles. The molecule has 2 radical (unpaired) electrons.